The lowest BCUT2D eigenvalue weighted by molar-refractivity contribution is 0.0523. The Hall–Kier alpha value is -3.27. The largest absolute Gasteiger partial charge is 0.462 e. The van der Waals surface area contributed by atoms with Crippen LogP contribution in [0.3, 0.4) is 0 Å². The molecule has 3 aromatic rings. The topological polar surface area (TPSA) is 131 Å². The van der Waals surface area contributed by atoms with Crippen LogP contribution in [0.2, 0.25) is 0 Å². The maximum absolute atomic E-state index is 12.9. The monoisotopic (exact) mass is 386 g/mol. The van der Waals surface area contributed by atoms with Gasteiger partial charge in [0.15, 0.2) is 0 Å². The van der Waals surface area contributed by atoms with Crippen LogP contribution in [0.5, 0.6) is 0 Å². The highest BCUT2D eigenvalue weighted by molar-refractivity contribution is 7.98. The van der Waals surface area contributed by atoms with Gasteiger partial charge < -0.3 is 16.2 Å². The first-order valence-electron chi connectivity index (χ1n) is 8.02. The molecule has 2 aromatic heterocycles. The second-order valence-corrected chi connectivity index (χ2v) is 6.19. The van der Waals surface area contributed by atoms with E-state index < -0.39 is 11.9 Å². The lowest BCUT2D eigenvalue weighted by Gasteiger charge is -2.05. The number of nitrogens with two attached hydrogens (primary N) is 2. The fraction of sp³-hybridized carbons (Fsp3) is 0.176. The average molecular weight is 386 g/mol. The van der Waals surface area contributed by atoms with Crippen LogP contribution in [0, 0.1) is 0 Å². The predicted octanol–water partition coefficient (Wildman–Crippen LogP) is 1.82. The van der Waals surface area contributed by atoms with E-state index in [0.717, 1.165) is 4.68 Å². The zero-order valence-electron chi connectivity index (χ0n) is 14.7. The summed E-state index contributed by atoms with van der Waals surface area (Å²) in [5.74, 6) is -1.18. The van der Waals surface area contributed by atoms with Gasteiger partial charge in [0.2, 0.25) is 0 Å². The van der Waals surface area contributed by atoms with Crippen LogP contribution < -0.4 is 11.5 Å². The van der Waals surface area contributed by atoms with Crippen molar-refractivity contribution in [3.63, 3.8) is 0 Å². The molecule has 3 rings (SSSR count). The third-order valence-corrected chi connectivity index (χ3v) is 4.46. The van der Waals surface area contributed by atoms with E-state index in [1.165, 1.54) is 22.6 Å². The molecule has 0 bridgehead atoms. The molecular weight excluding hydrogens is 368 g/mol. The Labute approximate surface area is 159 Å². The maximum Gasteiger partial charge on any atom is 0.344 e. The number of thioether (sulfide) groups is 1. The minimum Gasteiger partial charge on any atom is -0.462 e. The molecule has 1 aromatic carbocycles. The Kier molecular flexibility index (Phi) is 5.17. The van der Waals surface area contributed by atoms with Crippen LogP contribution >= 0.6 is 11.8 Å². The lowest BCUT2D eigenvalue weighted by Crippen LogP contribution is -2.18. The molecule has 9 nitrogen and oxygen atoms in total. The summed E-state index contributed by atoms with van der Waals surface area (Å²) in [5, 5.41) is 8.61. The molecule has 4 N–H and O–H groups in total. The number of carbonyl (C=O) groups excluding carboxylic acids is 2. The quantitative estimate of drug-likeness (QED) is 0.501. The summed E-state index contributed by atoms with van der Waals surface area (Å²) in [6, 6.07) is 9.15. The molecule has 0 unspecified atom stereocenters. The Balaban J connectivity index is 2.03. The Morgan fingerprint density at radius 1 is 1.19 bits per heavy atom. The molecule has 140 valence electrons. The number of carbonyl (C=O) groups is 2. The summed E-state index contributed by atoms with van der Waals surface area (Å²) in [4.78, 5) is 25.1. The number of esters is 1. The van der Waals surface area contributed by atoms with E-state index in [2.05, 4.69) is 10.2 Å². The van der Waals surface area contributed by atoms with Gasteiger partial charge in [-0.1, -0.05) is 18.2 Å². The van der Waals surface area contributed by atoms with Gasteiger partial charge in [-0.15, -0.1) is 11.8 Å². The maximum atomic E-state index is 12.9. The Morgan fingerprint density at radius 3 is 2.52 bits per heavy atom. The second kappa shape index (κ2) is 7.54. The average Bonchev–Trinajstić information content (AvgIpc) is 3.22. The summed E-state index contributed by atoms with van der Waals surface area (Å²) in [6.45, 7) is 1.86. The van der Waals surface area contributed by atoms with Crippen LogP contribution in [0.1, 0.15) is 27.6 Å². The van der Waals surface area contributed by atoms with E-state index in [-0.39, 0.29) is 29.4 Å². The summed E-state index contributed by atoms with van der Waals surface area (Å²) in [7, 11) is 0. The molecule has 0 amide bonds. The van der Waals surface area contributed by atoms with Crippen molar-refractivity contribution in [2.45, 2.75) is 11.9 Å². The molecule has 0 aliphatic rings. The summed E-state index contributed by atoms with van der Waals surface area (Å²) in [6.07, 6.45) is 3.07. The fourth-order valence-electron chi connectivity index (χ4n) is 2.51. The zero-order chi connectivity index (χ0) is 19.6. The van der Waals surface area contributed by atoms with Crippen LogP contribution in [0.15, 0.2) is 41.6 Å². The number of anilines is 2. The molecule has 0 aliphatic heterocycles. The van der Waals surface area contributed by atoms with Crippen molar-refractivity contribution in [3.05, 3.63) is 47.7 Å². The third-order valence-electron chi connectivity index (χ3n) is 3.79. The number of benzene rings is 1. The van der Waals surface area contributed by atoms with Crippen LogP contribution in [0.25, 0.3) is 5.69 Å². The third kappa shape index (κ3) is 3.26. The van der Waals surface area contributed by atoms with Crippen molar-refractivity contribution in [2.24, 2.45) is 0 Å². The predicted molar refractivity (Wildman–Crippen MR) is 102 cm³/mol. The van der Waals surface area contributed by atoms with Gasteiger partial charge in [-0.2, -0.15) is 14.9 Å². The highest BCUT2D eigenvalue weighted by atomic mass is 32.2. The number of para-hydroxylation sites is 1. The van der Waals surface area contributed by atoms with E-state index >= 15 is 0 Å². The number of ether oxygens (including phenoxy) is 1. The lowest BCUT2D eigenvalue weighted by atomic mass is 10.3. The van der Waals surface area contributed by atoms with E-state index in [4.69, 9.17) is 16.2 Å². The first-order valence-corrected chi connectivity index (χ1v) is 9.25. The van der Waals surface area contributed by atoms with E-state index in [0.29, 0.717) is 10.7 Å². The summed E-state index contributed by atoms with van der Waals surface area (Å²) in [5.41, 5.74) is 13.0. The summed E-state index contributed by atoms with van der Waals surface area (Å²) >= 11 is 1.19. The van der Waals surface area contributed by atoms with Crippen molar-refractivity contribution >= 4 is 35.3 Å². The summed E-state index contributed by atoms with van der Waals surface area (Å²) < 4.78 is 7.38. The van der Waals surface area contributed by atoms with Gasteiger partial charge in [0.1, 0.15) is 27.8 Å². The number of nitrogen functional groups attached to an aromatic ring is 2. The number of nitrogens with zero attached hydrogens (tertiary/aromatic N) is 4. The number of aromatic nitrogens is 4. The fourth-order valence-corrected chi connectivity index (χ4v) is 3.07. The van der Waals surface area contributed by atoms with Gasteiger partial charge in [-0.05, 0) is 25.3 Å². The Morgan fingerprint density at radius 2 is 1.89 bits per heavy atom. The van der Waals surface area contributed by atoms with Crippen molar-refractivity contribution in [1.29, 1.82) is 0 Å². The van der Waals surface area contributed by atoms with Crippen molar-refractivity contribution in [3.8, 4) is 5.69 Å². The molecule has 2 heterocycles. The smallest absolute Gasteiger partial charge is 0.344 e. The highest BCUT2D eigenvalue weighted by Crippen LogP contribution is 2.27. The molecule has 0 aliphatic carbocycles. The highest BCUT2D eigenvalue weighted by Gasteiger charge is 2.28. The first kappa shape index (κ1) is 18.5. The molecule has 0 saturated heterocycles. The van der Waals surface area contributed by atoms with E-state index in [9.17, 15) is 9.59 Å². The van der Waals surface area contributed by atoms with Gasteiger partial charge in [0, 0.05) is 0 Å². The molecular formula is C17H18N6O3S. The van der Waals surface area contributed by atoms with Gasteiger partial charge in [-0.3, -0.25) is 4.79 Å². The molecule has 10 heteroatoms. The van der Waals surface area contributed by atoms with Gasteiger partial charge >= 0.3 is 5.97 Å². The van der Waals surface area contributed by atoms with Crippen molar-refractivity contribution in [2.75, 3.05) is 24.3 Å². The SMILES string of the molecule is CCOC(=O)c1c(SC)nn(C(=O)c2cnn(-c3ccccc3)c2N)c1N. The molecule has 0 spiro atoms. The standard InChI is InChI=1S/C17H18N6O3S/c1-3-26-17(25)12-14(19)23(21-15(12)27-2)16(24)11-9-20-22(13(11)18)10-7-5-4-6-8-10/h4-9H,3,18-19H2,1-2H3. The number of hydrogen-bond acceptors (Lipinski definition) is 8. The molecule has 0 fully saturated rings. The van der Waals surface area contributed by atoms with Crippen LogP contribution in [-0.2, 0) is 4.74 Å². The second-order valence-electron chi connectivity index (χ2n) is 5.40. The van der Waals surface area contributed by atoms with Crippen LogP contribution in [-0.4, -0.2) is 44.3 Å². The Bertz CT molecular complexity index is 996. The first-order chi connectivity index (χ1) is 13.0. The van der Waals surface area contributed by atoms with Gasteiger partial charge in [0.05, 0.1) is 18.5 Å². The van der Waals surface area contributed by atoms with E-state index in [1.54, 1.807) is 13.2 Å². The number of rotatable bonds is 5. The molecule has 27 heavy (non-hydrogen) atoms. The van der Waals surface area contributed by atoms with Gasteiger partial charge in [-0.25, -0.2) is 9.48 Å². The van der Waals surface area contributed by atoms with Crippen molar-refractivity contribution < 1.29 is 14.3 Å². The van der Waals surface area contributed by atoms with E-state index in [1.807, 2.05) is 30.3 Å². The normalized spacial score (nSPS) is 10.7. The molecule has 0 radical (unpaired) electrons. The van der Waals surface area contributed by atoms with Crippen LogP contribution in [0.4, 0.5) is 11.6 Å². The van der Waals surface area contributed by atoms with Gasteiger partial charge in [0.25, 0.3) is 5.91 Å². The number of hydrogen-bond donors (Lipinski definition) is 2. The van der Waals surface area contributed by atoms with Crippen molar-refractivity contribution in [1.82, 2.24) is 19.6 Å². The minimum absolute atomic E-state index is 0.0618. The molecule has 0 atom stereocenters. The molecule has 0 saturated carbocycles. The minimum atomic E-state index is -0.633. The zero-order valence-corrected chi connectivity index (χ0v) is 15.6.